The van der Waals surface area contributed by atoms with Gasteiger partial charge in [-0.1, -0.05) is 30.3 Å². The maximum absolute atomic E-state index is 5.76. The van der Waals surface area contributed by atoms with Crippen molar-refractivity contribution in [1.82, 2.24) is 10.2 Å². The summed E-state index contributed by atoms with van der Waals surface area (Å²) in [4.78, 5) is 9.22. The number of guanidine groups is 1. The number of benzene rings is 2. The van der Waals surface area contributed by atoms with Crippen LogP contribution in [0.5, 0.6) is 5.75 Å². The molecule has 1 saturated heterocycles. The summed E-state index contributed by atoms with van der Waals surface area (Å²) in [6.45, 7) is 6.29. The zero-order chi connectivity index (χ0) is 21.0. The van der Waals surface area contributed by atoms with E-state index in [1.54, 1.807) is 7.11 Å². The van der Waals surface area contributed by atoms with Gasteiger partial charge in [0.05, 0.1) is 13.7 Å². The van der Waals surface area contributed by atoms with Gasteiger partial charge in [0.1, 0.15) is 5.75 Å². The second kappa shape index (κ2) is 14.1. The lowest BCUT2D eigenvalue weighted by Gasteiger charge is -2.37. The minimum absolute atomic E-state index is 0. The summed E-state index contributed by atoms with van der Waals surface area (Å²) in [6.07, 6.45) is 2.11. The van der Waals surface area contributed by atoms with Crippen molar-refractivity contribution in [3.8, 4) is 5.75 Å². The fourth-order valence-electron chi connectivity index (χ4n) is 3.60. The molecule has 0 aliphatic carbocycles. The number of nitrogens with one attached hydrogen (secondary N) is 1. The molecule has 1 aliphatic rings. The van der Waals surface area contributed by atoms with Crippen LogP contribution in [-0.2, 0) is 11.3 Å². The topological polar surface area (TPSA) is 49.3 Å². The lowest BCUT2D eigenvalue weighted by Crippen LogP contribution is -2.52. The third-order valence-electron chi connectivity index (χ3n) is 5.34. The van der Waals surface area contributed by atoms with Gasteiger partial charge < -0.3 is 24.6 Å². The normalized spacial score (nSPS) is 14.2. The summed E-state index contributed by atoms with van der Waals surface area (Å²) in [5.41, 5.74) is 2.47. The van der Waals surface area contributed by atoms with Gasteiger partial charge in [0.15, 0.2) is 5.96 Å². The average molecular weight is 538 g/mol. The van der Waals surface area contributed by atoms with E-state index in [-0.39, 0.29) is 24.0 Å². The standard InChI is InChI=1S/C24H34N4O2.HI/c1-25-24(26-14-6-7-19-30-20-21-8-4-3-5-9-21)28-17-15-27(16-18-28)22-10-12-23(29-2)13-11-22;/h3-5,8-13H,6-7,14-20H2,1-2H3,(H,25,26);1H. The van der Waals surface area contributed by atoms with Gasteiger partial charge in [0.2, 0.25) is 0 Å². The molecule has 2 aromatic carbocycles. The number of rotatable bonds is 9. The molecule has 0 aromatic heterocycles. The Hall–Kier alpha value is -2.00. The zero-order valence-electron chi connectivity index (χ0n) is 18.6. The summed E-state index contributed by atoms with van der Waals surface area (Å²) in [7, 11) is 3.56. The molecule has 0 bridgehead atoms. The van der Waals surface area contributed by atoms with Crippen LogP contribution in [0.15, 0.2) is 59.6 Å². The summed E-state index contributed by atoms with van der Waals surface area (Å²) >= 11 is 0. The monoisotopic (exact) mass is 538 g/mol. The first-order valence-corrected chi connectivity index (χ1v) is 10.8. The summed E-state index contributed by atoms with van der Waals surface area (Å²) in [6, 6.07) is 18.6. The molecule has 0 spiro atoms. The molecule has 1 heterocycles. The van der Waals surface area contributed by atoms with E-state index in [4.69, 9.17) is 9.47 Å². The van der Waals surface area contributed by atoms with E-state index >= 15 is 0 Å². The Morgan fingerprint density at radius 3 is 2.32 bits per heavy atom. The third kappa shape index (κ3) is 8.22. The quantitative estimate of drug-likeness (QED) is 0.227. The second-order valence-corrected chi connectivity index (χ2v) is 7.39. The minimum atomic E-state index is 0. The molecule has 1 fully saturated rings. The maximum atomic E-state index is 5.76. The van der Waals surface area contributed by atoms with Gasteiger partial charge in [-0.15, -0.1) is 24.0 Å². The molecule has 1 N–H and O–H groups in total. The van der Waals surface area contributed by atoms with Gasteiger partial charge in [-0.25, -0.2) is 0 Å². The number of aliphatic imine (C=N–C) groups is 1. The Bertz CT molecular complexity index is 763. The first kappa shape index (κ1) is 25.3. The molecule has 6 nitrogen and oxygen atoms in total. The van der Waals surface area contributed by atoms with Gasteiger partial charge >= 0.3 is 0 Å². The number of nitrogens with zero attached hydrogens (tertiary/aromatic N) is 3. The highest BCUT2D eigenvalue weighted by molar-refractivity contribution is 14.0. The van der Waals surface area contributed by atoms with Crippen molar-refractivity contribution < 1.29 is 9.47 Å². The molecule has 2 aromatic rings. The number of halogens is 1. The molecule has 0 atom stereocenters. The predicted molar refractivity (Wildman–Crippen MR) is 139 cm³/mol. The molecule has 0 radical (unpaired) electrons. The fourth-order valence-corrected chi connectivity index (χ4v) is 3.60. The van der Waals surface area contributed by atoms with E-state index < -0.39 is 0 Å². The first-order valence-electron chi connectivity index (χ1n) is 10.8. The van der Waals surface area contributed by atoms with Crippen molar-refractivity contribution >= 4 is 35.6 Å². The Morgan fingerprint density at radius 1 is 0.968 bits per heavy atom. The second-order valence-electron chi connectivity index (χ2n) is 7.39. The number of unbranched alkanes of at least 4 members (excludes halogenated alkanes) is 1. The zero-order valence-corrected chi connectivity index (χ0v) is 21.0. The van der Waals surface area contributed by atoms with E-state index in [1.807, 2.05) is 37.4 Å². The van der Waals surface area contributed by atoms with Gasteiger partial charge in [-0.05, 0) is 42.7 Å². The lowest BCUT2D eigenvalue weighted by molar-refractivity contribution is 0.117. The molecular weight excluding hydrogens is 503 g/mol. The Kier molecular flexibility index (Phi) is 11.5. The van der Waals surface area contributed by atoms with Crippen molar-refractivity contribution in [3.63, 3.8) is 0 Å². The van der Waals surface area contributed by atoms with Gasteiger partial charge in [-0.3, -0.25) is 4.99 Å². The van der Waals surface area contributed by atoms with Crippen LogP contribution in [0.4, 0.5) is 5.69 Å². The molecule has 3 rings (SSSR count). The Balaban J connectivity index is 0.00000341. The Labute approximate surface area is 203 Å². The number of methoxy groups -OCH3 is 1. The van der Waals surface area contributed by atoms with Crippen LogP contribution >= 0.6 is 24.0 Å². The van der Waals surface area contributed by atoms with Crippen molar-refractivity contribution in [1.29, 1.82) is 0 Å². The smallest absolute Gasteiger partial charge is 0.193 e. The van der Waals surface area contributed by atoms with E-state index in [1.165, 1.54) is 11.3 Å². The average Bonchev–Trinajstić information content (AvgIpc) is 2.82. The van der Waals surface area contributed by atoms with E-state index in [9.17, 15) is 0 Å². The van der Waals surface area contributed by atoms with Crippen molar-refractivity contribution in [2.75, 3.05) is 58.4 Å². The highest BCUT2D eigenvalue weighted by atomic mass is 127. The van der Waals surface area contributed by atoms with Crippen LogP contribution in [0.2, 0.25) is 0 Å². The van der Waals surface area contributed by atoms with Gasteiger partial charge in [-0.2, -0.15) is 0 Å². The van der Waals surface area contributed by atoms with Crippen molar-refractivity contribution in [3.05, 3.63) is 60.2 Å². The molecule has 7 heteroatoms. The van der Waals surface area contributed by atoms with Crippen LogP contribution in [0.3, 0.4) is 0 Å². The third-order valence-corrected chi connectivity index (χ3v) is 5.34. The highest BCUT2D eigenvalue weighted by Crippen LogP contribution is 2.20. The van der Waals surface area contributed by atoms with Crippen molar-refractivity contribution in [2.24, 2.45) is 4.99 Å². The van der Waals surface area contributed by atoms with Crippen LogP contribution in [-0.4, -0.2) is 64.3 Å². The summed E-state index contributed by atoms with van der Waals surface area (Å²) < 4.78 is 11.0. The number of hydrogen-bond donors (Lipinski definition) is 1. The molecule has 170 valence electrons. The molecule has 0 unspecified atom stereocenters. The highest BCUT2D eigenvalue weighted by Gasteiger charge is 2.19. The van der Waals surface area contributed by atoms with E-state index in [0.29, 0.717) is 6.61 Å². The van der Waals surface area contributed by atoms with Crippen LogP contribution in [0, 0.1) is 0 Å². The number of ether oxygens (including phenoxy) is 2. The first-order chi connectivity index (χ1) is 14.8. The number of piperazine rings is 1. The molecule has 1 aliphatic heterocycles. The molecule has 0 amide bonds. The number of anilines is 1. The molecule has 31 heavy (non-hydrogen) atoms. The minimum Gasteiger partial charge on any atom is -0.497 e. The Morgan fingerprint density at radius 2 is 1.68 bits per heavy atom. The largest absolute Gasteiger partial charge is 0.497 e. The van der Waals surface area contributed by atoms with Crippen molar-refractivity contribution in [2.45, 2.75) is 19.4 Å². The lowest BCUT2D eigenvalue weighted by atomic mass is 10.2. The molecule has 0 saturated carbocycles. The summed E-state index contributed by atoms with van der Waals surface area (Å²) in [5.74, 6) is 1.89. The van der Waals surface area contributed by atoms with Gasteiger partial charge in [0, 0.05) is 52.1 Å². The van der Waals surface area contributed by atoms with Gasteiger partial charge in [0.25, 0.3) is 0 Å². The van der Waals surface area contributed by atoms with E-state index in [2.05, 4.69) is 44.4 Å². The predicted octanol–water partition coefficient (Wildman–Crippen LogP) is 4.01. The van der Waals surface area contributed by atoms with Crippen LogP contribution < -0.4 is 15.0 Å². The van der Waals surface area contributed by atoms with Crippen LogP contribution in [0.25, 0.3) is 0 Å². The number of hydrogen-bond acceptors (Lipinski definition) is 4. The maximum Gasteiger partial charge on any atom is 0.193 e. The fraction of sp³-hybridized carbons (Fsp3) is 0.458. The molecular formula is C24H35IN4O2. The SMILES string of the molecule is CN=C(NCCCCOCc1ccccc1)N1CCN(c2ccc(OC)cc2)CC1.I. The van der Waals surface area contributed by atoms with Crippen LogP contribution in [0.1, 0.15) is 18.4 Å². The summed E-state index contributed by atoms with van der Waals surface area (Å²) in [5, 5.41) is 3.50. The van der Waals surface area contributed by atoms with E-state index in [0.717, 1.165) is 63.9 Å².